The van der Waals surface area contributed by atoms with Gasteiger partial charge in [0, 0.05) is 5.39 Å². The summed E-state index contributed by atoms with van der Waals surface area (Å²) >= 11 is 6.05. The third-order valence-corrected chi connectivity index (χ3v) is 3.16. The van der Waals surface area contributed by atoms with Gasteiger partial charge in [-0.25, -0.2) is 4.98 Å². The van der Waals surface area contributed by atoms with Gasteiger partial charge >= 0.3 is 0 Å². The molecule has 1 heterocycles. The Hall–Kier alpha value is -2.57. The number of fused-ring (bicyclic) bond motifs is 1. The summed E-state index contributed by atoms with van der Waals surface area (Å²) in [6.07, 6.45) is 0. The van der Waals surface area contributed by atoms with Crippen molar-refractivity contribution in [2.24, 2.45) is 0 Å². The van der Waals surface area contributed by atoms with Gasteiger partial charge < -0.3 is 4.74 Å². The molecule has 1 aromatic heterocycles. The normalized spacial score (nSPS) is 10.2. The first kappa shape index (κ1) is 12.5. The van der Waals surface area contributed by atoms with Crippen LogP contribution in [0.1, 0.15) is 5.56 Å². The number of ether oxygens (including phenoxy) is 1. The second kappa shape index (κ2) is 5.20. The molecule has 0 bridgehead atoms. The highest BCUT2D eigenvalue weighted by Gasteiger charge is 2.10. The molecule has 0 amide bonds. The van der Waals surface area contributed by atoms with Crippen LogP contribution < -0.4 is 4.74 Å². The second-order valence-corrected chi connectivity index (χ2v) is 4.59. The molecule has 0 aliphatic carbocycles. The van der Waals surface area contributed by atoms with E-state index in [-0.39, 0.29) is 5.88 Å². The molecule has 0 saturated carbocycles. The van der Waals surface area contributed by atoms with E-state index in [0.29, 0.717) is 16.3 Å². The fourth-order valence-corrected chi connectivity index (χ4v) is 2.06. The fraction of sp³-hybridized carbons (Fsp3) is 0. The first-order valence-corrected chi connectivity index (χ1v) is 6.38. The van der Waals surface area contributed by atoms with Crippen LogP contribution in [0.3, 0.4) is 0 Å². The molecule has 0 aliphatic heterocycles. The second-order valence-electron chi connectivity index (χ2n) is 4.18. The van der Waals surface area contributed by atoms with Crippen LogP contribution in [-0.2, 0) is 0 Å². The van der Waals surface area contributed by atoms with Crippen molar-refractivity contribution in [2.75, 3.05) is 0 Å². The smallest absolute Gasteiger partial charge is 0.237 e. The van der Waals surface area contributed by atoms with Crippen LogP contribution >= 0.6 is 11.6 Å². The van der Waals surface area contributed by atoms with Crippen molar-refractivity contribution in [3.8, 4) is 17.7 Å². The van der Waals surface area contributed by atoms with Gasteiger partial charge in [0.05, 0.1) is 10.5 Å². The van der Waals surface area contributed by atoms with Gasteiger partial charge in [-0.1, -0.05) is 41.9 Å². The van der Waals surface area contributed by atoms with Crippen LogP contribution in [0, 0.1) is 11.3 Å². The predicted octanol–water partition coefficient (Wildman–Crippen LogP) is 4.55. The van der Waals surface area contributed by atoms with E-state index in [2.05, 4.69) is 11.1 Å². The molecule has 4 heteroatoms. The first-order valence-electron chi connectivity index (χ1n) is 6.00. The zero-order chi connectivity index (χ0) is 13.9. The minimum atomic E-state index is 0.263. The van der Waals surface area contributed by atoms with Crippen molar-refractivity contribution in [3.05, 3.63) is 65.2 Å². The Labute approximate surface area is 121 Å². The molecule has 96 valence electrons. The van der Waals surface area contributed by atoms with Crippen molar-refractivity contribution in [1.29, 1.82) is 5.26 Å². The van der Waals surface area contributed by atoms with E-state index in [1.54, 1.807) is 18.2 Å². The summed E-state index contributed by atoms with van der Waals surface area (Å²) in [6, 6.07) is 18.5. The zero-order valence-electron chi connectivity index (χ0n) is 10.4. The number of pyridine rings is 1. The third kappa shape index (κ3) is 2.29. The number of para-hydroxylation sites is 2. The minimum absolute atomic E-state index is 0.263. The molecule has 3 aromatic rings. The lowest BCUT2D eigenvalue weighted by Gasteiger charge is -2.08. The summed E-state index contributed by atoms with van der Waals surface area (Å²) < 4.78 is 5.67. The topological polar surface area (TPSA) is 45.9 Å². The molecule has 0 atom stereocenters. The number of nitriles is 1. The monoisotopic (exact) mass is 280 g/mol. The van der Waals surface area contributed by atoms with E-state index in [1.807, 2.05) is 36.4 Å². The summed E-state index contributed by atoms with van der Waals surface area (Å²) in [5, 5.41) is 10.6. The maximum absolute atomic E-state index is 9.22. The number of halogens is 1. The predicted molar refractivity (Wildman–Crippen MR) is 78.0 cm³/mol. The standard InChI is InChI=1S/C16H9ClN2O/c17-13-6-2-4-8-15(13)20-16-12(10-18)9-11-5-1-3-7-14(11)19-16/h1-9H. The summed E-state index contributed by atoms with van der Waals surface area (Å²) in [6.45, 7) is 0. The molecule has 3 nitrogen and oxygen atoms in total. The molecule has 0 aliphatic rings. The van der Waals surface area contributed by atoms with Crippen molar-refractivity contribution in [3.63, 3.8) is 0 Å². The Morgan fingerprint density at radius 1 is 1.05 bits per heavy atom. The average molecular weight is 281 g/mol. The molecule has 0 fully saturated rings. The molecule has 0 N–H and O–H groups in total. The Morgan fingerprint density at radius 2 is 1.80 bits per heavy atom. The number of benzene rings is 2. The summed E-state index contributed by atoms with van der Waals surface area (Å²) in [5.41, 5.74) is 1.15. The quantitative estimate of drug-likeness (QED) is 0.691. The van der Waals surface area contributed by atoms with Crippen molar-refractivity contribution in [2.45, 2.75) is 0 Å². The molecule has 0 saturated heterocycles. The maximum atomic E-state index is 9.22. The van der Waals surface area contributed by atoms with E-state index in [1.165, 1.54) is 0 Å². The zero-order valence-corrected chi connectivity index (χ0v) is 11.1. The lowest BCUT2D eigenvalue weighted by atomic mass is 10.1. The molecular weight excluding hydrogens is 272 g/mol. The SMILES string of the molecule is N#Cc1cc2ccccc2nc1Oc1ccccc1Cl. The minimum Gasteiger partial charge on any atom is -0.436 e. The van der Waals surface area contributed by atoms with E-state index < -0.39 is 0 Å². The largest absolute Gasteiger partial charge is 0.436 e. The van der Waals surface area contributed by atoms with Crippen LogP contribution in [0.5, 0.6) is 11.6 Å². The maximum Gasteiger partial charge on any atom is 0.237 e. The van der Waals surface area contributed by atoms with E-state index >= 15 is 0 Å². The lowest BCUT2D eigenvalue weighted by molar-refractivity contribution is 0.463. The molecule has 3 rings (SSSR count). The molecule has 0 spiro atoms. The summed E-state index contributed by atoms with van der Waals surface area (Å²) in [5.74, 6) is 0.743. The number of nitrogens with zero attached hydrogens (tertiary/aromatic N) is 2. The van der Waals surface area contributed by atoms with Gasteiger partial charge in [-0.05, 0) is 24.3 Å². The van der Waals surface area contributed by atoms with Gasteiger partial charge in [-0.3, -0.25) is 0 Å². The number of hydrogen-bond donors (Lipinski definition) is 0. The first-order chi connectivity index (χ1) is 9.78. The number of hydrogen-bond acceptors (Lipinski definition) is 3. The van der Waals surface area contributed by atoms with Crippen LogP contribution in [0.4, 0.5) is 0 Å². The van der Waals surface area contributed by atoms with Crippen LogP contribution in [0.2, 0.25) is 5.02 Å². The van der Waals surface area contributed by atoms with Gasteiger partial charge in [0.2, 0.25) is 5.88 Å². The van der Waals surface area contributed by atoms with Crippen LogP contribution in [0.25, 0.3) is 10.9 Å². The highest BCUT2D eigenvalue weighted by atomic mass is 35.5. The van der Waals surface area contributed by atoms with Gasteiger partial charge in [0.25, 0.3) is 0 Å². The summed E-state index contributed by atoms with van der Waals surface area (Å²) in [7, 11) is 0. The Bertz CT molecular complexity index is 824. The highest BCUT2D eigenvalue weighted by molar-refractivity contribution is 6.32. The average Bonchev–Trinajstić information content (AvgIpc) is 2.49. The van der Waals surface area contributed by atoms with E-state index in [4.69, 9.17) is 16.3 Å². The summed E-state index contributed by atoms with van der Waals surface area (Å²) in [4.78, 5) is 4.38. The fourth-order valence-electron chi connectivity index (χ4n) is 1.89. The van der Waals surface area contributed by atoms with Crippen molar-refractivity contribution >= 4 is 22.5 Å². The molecular formula is C16H9ClN2O. The molecule has 20 heavy (non-hydrogen) atoms. The number of aromatic nitrogens is 1. The van der Waals surface area contributed by atoms with Crippen LogP contribution in [-0.4, -0.2) is 4.98 Å². The molecule has 2 aromatic carbocycles. The van der Waals surface area contributed by atoms with Crippen molar-refractivity contribution < 1.29 is 4.74 Å². The Kier molecular flexibility index (Phi) is 3.24. The van der Waals surface area contributed by atoms with E-state index in [9.17, 15) is 5.26 Å². The van der Waals surface area contributed by atoms with Gasteiger partial charge in [-0.2, -0.15) is 5.26 Å². The van der Waals surface area contributed by atoms with Crippen molar-refractivity contribution in [1.82, 2.24) is 4.98 Å². The Balaban J connectivity index is 2.11. The van der Waals surface area contributed by atoms with Gasteiger partial charge in [0.15, 0.2) is 0 Å². The highest BCUT2D eigenvalue weighted by Crippen LogP contribution is 2.31. The lowest BCUT2D eigenvalue weighted by Crippen LogP contribution is -1.93. The molecule has 0 unspecified atom stereocenters. The third-order valence-electron chi connectivity index (χ3n) is 2.85. The van der Waals surface area contributed by atoms with Gasteiger partial charge in [0.1, 0.15) is 17.4 Å². The Morgan fingerprint density at radius 3 is 2.60 bits per heavy atom. The molecule has 0 radical (unpaired) electrons. The number of rotatable bonds is 2. The van der Waals surface area contributed by atoms with Crippen LogP contribution in [0.15, 0.2) is 54.6 Å². The van der Waals surface area contributed by atoms with Gasteiger partial charge in [-0.15, -0.1) is 0 Å². The van der Waals surface area contributed by atoms with E-state index in [0.717, 1.165) is 10.9 Å².